The Morgan fingerprint density at radius 2 is 1.97 bits per heavy atom. The Labute approximate surface area is 195 Å². The average Bonchev–Trinajstić information content (AvgIpc) is 2.77. The van der Waals surface area contributed by atoms with Gasteiger partial charge in [-0.2, -0.15) is 0 Å². The summed E-state index contributed by atoms with van der Waals surface area (Å²) in [6.45, 7) is 7.10. The van der Waals surface area contributed by atoms with Crippen molar-refractivity contribution >= 4 is 11.8 Å². The highest BCUT2D eigenvalue weighted by Gasteiger charge is 2.33. The summed E-state index contributed by atoms with van der Waals surface area (Å²) in [5.74, 6) is 0.217. The molecular formula is C26H33FN2O4. The van der Waals surface area contributed by atoms with Gasteiger partial charge in [0.25, 0.3) is 5.91 Å². The molecule has 33 heavy (non-hydrogen) atoms. The van der Waals surface area contributed by atoms with Crippen LogP contribution in [0.3, 0.4) is 0 Å². The summed E-state index contributed by atoms with van der Waals surface area (Å²) in [6.07, 6.45) is 0.434. The SMILES string of the molecule is COCCNC(=O)C(C)Oc1ccc2c(c1)C(c1cccc(F)c1)N(C(=O)CC(C)C)CC2. The van der Waals surface area contributed by atoms with Gasteiger partial charge in [-0.15, -0.1) is 0 Å². The lowest BCUT2D eigenvalue weighted by molar-refractivity contribution is -0.134. The normalized spacial score (nSPS) is 16.3. The molecule has 0 spiro atoms. The van der Waals surface area contributed by atoms with Gasteiger partial charge in [0.15, 0.2) is 6.10 Å². The van der Waals surface area contributed by atoms with Gasteiger partial charge in [0.05, 0.1) is 12.6 Å². The van der Waals surface area contributed by atoms with Crippen LogP contribution in [0.2, 0.25) is 0 Å². The molecule has 7 heteroatoms. The molecule has 0 saturated heterocycles. The van der Waals surface area contributed by atoms with Crippen molar-refractivity contribution in [1.82, 2.24) is 10.2 Å². The smallest absolute Gasteiger partial charge is 0.260 e. The lowest BCUT2D eigenvalue weighted by Gasteiger charge is -2.38. The van der Waals surface area contributed by atoms with E-state index in [4.69, 9.17) is 9.47 Å². The molecule has 1 aliphatic rings. The number of rotatable bonds is 9. The number of fused-ring (bicyclic) bond motifs is 1. The van der Waals surface area contributed by atoms with Crippen molar-refractivity contribution in [3.8, 4) is 5.75 Å². The molecule has 1 aliphatic heterocycles. The van der Waals surface area contributed by atoms with Gasteiger partial charge in [-0.3, -0.25) is 9.59 Å². The maximum atomic E-state index is 14.1. The summed E-state index contributed by atoms with van der Waals surface area (Å²) in [6, 6.07) is 11.7. The number of amides is 2. The van der Waals surface area contributed by atoms with Gasteiger partial charge in [-0.05, 0) is 60.2 Å². The maximum absolute atomic E-state index is 14.1. The van der Waals surface area contributed by atoms with E-state index < -0.39 is 12.1 Å². The van der Waals surface area contributed by atoms with E-state index >= 15 is 0 Å². The van der Waals surface area contributed by atoms with Crippen LogP contribution in [-0.4, -0.2) is 49.6 Å². The highest BCUT2D eigenvalue weighted by atomic mass is 19.1. The molecule has 2 unspecified atom stereocenters. The van der Waals surface area contributed by atoms with Crippen molar-refractivity contribution in [2.75, 3.05) is 26.8 Å². The highest BCUT2D eigenvalue weighted by molar-refractivity contribution is 5.80. The van der Waals surface area contributed by atoms with Crippen molar-refractivity contribution < 1.29 is 23.5 Å². The molecule has 6 nitrogen and oxygen atoms in total. The van der Waals surface area contributed by atoms with E-state index in [0.29, 0.717) is 38.3 Å². The molecular weight excluding hydrogens is 423 g/mol. The summed E-state index contributed by atoms with van der Waals surface area (Å²) < 4.78 is 25.0. The van der Waals surface area contributed by atoms with Gasteiger partial charge >= 0.3 is 0 Å². The number of halogens is 1. The molecule has 0 bridgehead atoms. The van der Waals surface area contributed by atoms with E-state index in [0.717, 1.165) is 16.7 Å². The minimum atomic E-state index is -0.699. The monoisotopic (exact) mass is 456 g/mol. The number of methoxy groups -OCH3 is 1. The van der Waals surface area contributed by atoms with Crippen LogP contribution in [0, 0.1) is 11.7 Å². The van der Waals surface area contributed by atoms with Crippen LogP contribution in [0.25, 0.3) is 0 Å². The number of carbonyl (C=O) groups excluding carboxylic acids is 2. The quantitative estimate of drug-likeness (QED) is 0.582. The van der Waals surface area contributed by atoms with Crippen LogP contribution in [0.5, 0.6) is 5.75 Å². The molecule has 2 aromatic rings. The van der Waals surface area contributed by atoms with E-state index in [-0.39, 0.29) is 23.5 Å². The number of nitrogens with zero attached hydrogens (tertiary/aromatic N) is 1. The first-order valence-corrected chi connectivity index (χ1v) is 11.4. The summed E-state index contributed by atoms with van der Waals surface area (Å²) in [5, 5.41) is 2.76. The van der Waals surface area contributed by atoms with Crippen LogP contribution < -0.4 is 10.1 Å². The molecule has 0 aliphatic carbocycles. The number of ether oxygens (including phenoxy) is 2. The third-order valence-electron chi connectivity index (χ3n) is 5.70. The van der Waals surface area contributed by atoms with E-state index in [1.54, 1.807) is 20.1 Å². The van der Waals surface area contributed by atoms with Gasteiger partial charge in [-0.1, -0.05) is 32.0 Å². The molecule has 0 radical (unpaired) electrons. The highest BCUT2D eigenvalue weighted by Crippen LogP contribution is 2.38. The summed E-state index contributed by atoms with van der Waals surface area (Å²) in [4.78, 5) is 27.2. The number of hydrogen-bond donors (Lipinski definition) is 1. The van der Waals surface area contributed by atoms with E-state index in [1.165, 1.54) is 12.1 Å². The zero-order chi connectivity index (χ0) is 24.0. The molecule has 0 aromatic heterocycles. The molecule has 2 amide bonds. The predicted molar refractivity (Wildman–Crippen MR) is 125 cm³/mol. The fourth-order valence-corrected chi connectivity index (χ4v) is 4.12. The molecule has 3 rings (SSSR count). The van der Waals surface area contributed by atoms with E-state index in [9.17, 15) is 14.0 Å². The van der Waals surface area contributed by atoms with E-state index in [2.05, 4.69) is 5.32 Å². The van der Waals surface area contributed by atoms with Crippen LogP contribution in [0.15, 0.2) is 42.5 Å². The molecule has 2 aromatic carbocycles. The summed E-state index contributed by atoms with van der Waals surface area (Å²) in [5.41, 5.74) is 2.70. The molecule has 2 atom stereocenters. The largest absolute Gasteiger partial charge is 0.481 e. The zero-order valence-corrected chi connectivity index (χ0v) is 19.8. The Balaban J connectivity index is 1.91. The Hall–Kier alpha value is -2.93. The fraction of sp³-hybridized carbons (Fsp3) is 0.462. The number of nitrogens with one attached hydrogen (secondary N) is 1. The van der Waals surface area contributed by atoms with E-state index in [1.807, 2.05) is 43.0 Å². The Bertz CT molecular complexity index is 979. The lowest BCUT2D eigenvalue weighted by Crippen LogP contribution is -2.41. The fourth-order valence-electron chi connectivity index (χ4n) is 4.12. The minimum absolute atomic E-state index is 0.0436. The first-order valence-electron chi connectivity index (χ1n) is 11.4. The van der Waals surface area contributed by atoms with Gasteiger partial charge in [0.1, 0.15) is 11.6 Å². The Kier molecular flexibility index (Phi) is 8.44. The van der Waals surface area contributed by atoms with Crippen LogP contribution in [0.1, 0.15) is 49.9 Å². The van der Waals surface area contributed by atoms with Gasteiger partial charge in [0.2, 0.25) is 5.91 Å². The third kappa shape index (κ3) is 6.32. The number of carbonyl (C=O) groups is 2. The van der Waals surface area contributed by atoms with Crippen LogP contribution >= 0.6 is 0 Å². The number of hydrogen-bond acceptors (Lipinski definition) is 4. The second-order valence-corrected chi connectivity index (χ2v) is 8.80. The van der Waals surface area contributed by atoms with Gasteiger partial charge in [-0.25, -0.2) is 4.39 Å². The molecule has 0 fully saturated rings. The standard InChI is InChI=1S/C26H33FN2O4/c1-17(2)14-24(30)29-12-10-19-8-9-22(33-18(3)26(31)28-11-13-32-4)16-23(19)25(29)20-6-5-7-21(27)15-20/h5-9,15-18,25H,10-14H2,1-4H3,(H,28,31). The predicted octanol–water partition coefficient (Wildman–Crippen LogP) is 3.88. The molecule has 0 saturated carbocycles. The summed E-state index contributed by atoms with van der Waals surface area (Å²) in [7, 11) is 1.57. The van der Waals surface area contributed by atoms with Crippen LogP contribution in [-0.2, 0) is 20.7 Å². The van der Waals surface area contributed by atoms with Gasteiger partial charge in [0, 0.05) is 26.6 Å². The summed E-state index contributed by atoms with van der Waals surface area (Å²) >= 11 is 0. The topological polar surface area (TPSA) is 67.9 Å². The lowest BCUT2D eigenvalue weighted by atomic mass is 9.87. The Morgan fingerprint density at radius 3 is 2.67 bits per heavy atom. The van der Waals surface area contributed by atoms with Crippen molar-refractivity contribution in [2.24, 2.45) is 5.92 Å². The van der Waals surface area contributed by atoms with Crippen molar-refractivity contribution in [2.45, 2.75) is 45.8 Å². The van der Waals surface area contributed by atoms with Crippen LogP contribution in [0.4, 0.5) is 4.39 Å². The molecule has 1 heterocycles. The maximum Gasteiger partial charge on any atom is 0.260 e. The first-order chi connectivity index (χ1) is 15.8. The molecule has 178 valence electrons. The second-order valence-electron chi connectivity index (χ2n) is 8.80. The molecule has 1 N–H and O–H groups in total. The third-order valence-corrected chi connectivity index (χ3v) is 5.70. The number of benzene rings is 2. The first kappa shape index (κ1) is 24.7. The zero-order valence-electron chi connectivity index (χ0n) is 19.8. The Morgan fingerprint density at radius 1 is 1.18 bits per heavy atom. The average molecular weight is 457 g/mol. The van der Waals surface area contributed by atoms with Gasteiger partial charge < -0.3 is 19.7 Å². The van der Waals surface area contributed by atoms with Crippen molar-refractivity contribution in [3.05, 3.63) is 65.0 Å². The second kappa shape index (κ2) is 11.3. The minimum Gasteiger partial charge on any atom is -0.481 e. The van der Waals surface area contributed by atoms with Crippen molar-refractivity contribution in [1.29, 1.82) is 0 Å². The van der Waals surface area contributed by atoms with Crippen molar-refractivity contribution in [3.63, 3.8) is 0 Å².